The maximum absolute atomic E-state index is 10.5. The molecule has 0 aliphatic heterocycles. The summed E-state index contributed by atoms with van der Waals surface area (Å²) in [4.78, 5) is 0. The highest BCUT2D eigenvalue weighted by atomic mass is 16.5. The fourth-order valence-electron chi connectivity index (χ4n) is 3.73. The fourth-order valence-corrected chi connectivity index (χ4v) is 3.73. The van der Waals surface area contributed by atoms with Gasteiger partial charge in [0.15, 0.2) is 23.0 Å². The lowest BCUT2D eigenvalue weighted by Crippen LogP contribution is -2.26. The molecule has 0 aromatic heterocycles. The molecule has 170 valence electrons. The van der Waals surface area contributed by atoms with E-state index in [4.69, 9.17) is 33.7 Å². The zero-order valence-corrected chi connectivity index (χ0v) is 19.3. The van der Waals surface area contributed by atoms with Gasteiger partial charge in [-0.05, 0) is 48.2 Å². The topological polar surface area (TPSA) is 103 Å². The van der Waals surface area contributed by atoms with Crippen molar-refractivity contribution in [1.82, 2.24) is 0 Å². The number of unbranched alkanes of at least 4 members (excludes halogenated alkanes) is 1. The molecule has 0 saturated heterocycles. The van der Waals surface area contributed by atoms with Crippen LogP contribution in [0.1, 0.15) is 30.4 Å². The number of benzene rings is 2. The highest BCUT2D eigenvalue weighted by Crippen LogP contribution is 2.48. The predicted octanol–water partition coefficient (Wildman–Crippen LogP) is 4.24. The second kappa shape index (κ2) is 11.0. The molecule has 0 N–H and O–H groups in total. The molecule has 8 heteroatoms. The number of ether oxygens (including phenoxy) is 6. The van der Waals surface area contributed by atoms with Crippen molar-refractivity contribution < 1.29 is 28.4 Å². The second-order valence-corrected chi connectivity index (χ2v) is 6.86. The van der Waals surface area contributed by atoms with Crippen molar-refractivity contribution in [2.75, 3.05) is 42.7 Å². The van der Waals surface area contributed by atoms with Gasteiger partial charge in [0, 0.05) is 6.42 Å². The van der Waals surface area contributed by atoms with Crippen LogP contribution < -0.4 is 28.4 Å². The largest absolute Gasteiger partial charge is 0.493 e. The summed E-state index contributed by atoms with van der Waals surface area (Å²) >= 11 is 0. The van der Waals surface area contributed by atoms with Gasteiger partial charge in [-0.2, -0.15) is 10.5 Å². The molecule has 0 heterocycles. The summed E-state index contributed by atoms with van der Waals surface area (Å²) in [7, 11) is 9.11. The van der Waals surface area contributed by atoms with Crippen molar-refractivity contribution in [3.05, 3.63) is 35.4 Å². The van der Waals surface area contributed by atoms with E-state index in [9.17, 15) is 5.26 Å². The molecule has 2 aromatic rings. The first-order valence-electron chi connectivity index (χ1n) is 9.89. The van der Waals surface area contributed by atoms with Crippen LogP contribution in [0.5, 0.6) is 34.5 Å². The van der Waals surface area contributed by atoms with Crippen LogP contribution in [0.3, 0.4) is 0 Å². The molecule has 0 spiro atoms. The van der Waals surface area contributed by atoms with Crippen molar-refractivity contribution in [2.24, 2.45) is 0 Å². The van der Waals surface area contributed by atoms with E-state index >= 15 is 0 Å². The number of nitrogens with zero attached hydrogens (tertiary/aromatic N) is 2. The molecule has 0 aliphatic rings. The number of rotatable bonds is 11. The van der Waals surface area contributed by atoms with Crippen molar-refractivity contribution in [2.45, 2.75) is 24.7 Å². The monoisotopic (exact) mass is 440 g/mol. The molecule has 0 aliphatic carbocycles. The van der Waals surface area contributed by atoms with Crippen molar-refractivity contribution in [3.8, 4) is 46.6 Å². The molecule has 0 amide bonds. The lowest BCUT2D eigenvalue weighted by atomic mass is 9.72. The van der Waals surface area contributed by atoms with Gasteiger partial charge in [0.25, 0.3) is 0 Å². The molecule has 32 heavy (non-hydrogen) atoms. The molecule has 0 saturated carbocycles. The van der Waals surface area contributed by atoms with Gasteiger partial charge in [-0.25, -0.2) is 0 Å². The summed E-state index contributed by atoms with van der Waals surface area (Å²) < 4.78 is 32.9. The number of nitriles is 2. The number of hydrogen-bond acceptors (Lipinski definition) is 8. The minimum atomic E-state index is -1.16. The van der Waals surface area contributed by atoms with Crippen LogP contribution in [-0.4, -0.2) is 42.7 Å². The zero-order valence-electron chi connectivity index (χ0n) is 19.3. The zero-order chi connectivity index (χ0) is 23.7. The Labute approximate surface area is 188 Å². The van der Waals surface area contributed by atoms with Crippen LogP contribution in [-0.2, 0) is 5.41 Å². The van der Waals surface area contributed by atoms with E-state index in [0.717, 1.165) is 0 Å². The first-order valence-corrected chi connectivity index (χ1v) is 9.89. The Morgan fingerprint density at radius 2 is 1.03 bits per heavy atom. The molecule has 0 atom stereocenters. The normalized spacial score (nSPS) is 10.5. The van der Waals surface area contributed by atoms with Gasteiger partial charge in [-0.1, -0.05) is 0 Å². The van der Waals surface area contributed by atoms with Crippen molar-refractivity contribution in [1.29, 1.82) is 10.5 Å². The summed E-state index contributed by atoms with van der Waals surface area (Å²) in [5, 5.41) is 19.6. The third-order valence-electron chi connectivity index (χ3n) is 5.35. The molecule has 8 nitrogen and oxygen atoms in total. The molecule has 0 radical (unpaired) electrons. The second-order valence-electron chi connectivity index (χ2n) is 6.86. The van der Waals surface area contributed by atoms with Crippen molar-refractivity contribution in [3.63, 3.8) is 0 Å². The van der Waals surface area contributed by atoms with Gasteiger partial charge < -0.3 is 28.4 Å². The van der Waals surface area contributed by atoms with E-state index in [1.807, 2.05) is 0 Å². The predicted molar refractivity (Wildman–Crippen MR) is 118 cm³/mol. The van der Waals surface area contributed by atoms with E-state index in [1.54, 1.807) is 24.3 Å². The standard InChI is InChI=1S/C24H28N2O6/c1-27-18-11-16(12-19(28-2)22(18)31-5)24(15-26,9-7-8-10-25)17-13-20(29-3)23(32-6)21(14-17)30-4/h11-14H,7-9H2,1-6H3. The first kappa shape index (κ1) is 24.5. The average Bonchev–Trinajstić information content (AvgIpc) is 2.84. The first-order chi connectivity index (χ1) is 15.5. The Bertz CT molecular complexity index is 909. The molecule has 0 bridgehead atoms. The Hall–Kier alpha value is -3.78. The molecule has 2 rings (SSSR count). The quantitative estimate of drug-likeness (QED) is 0.478. The van der Waals surface area contributed by atoms with Crippen molar-refractivity contribution >= 4 is 0 Å². The van der Waals surface area contributed by atoms with Gasteiger partial charge in [0.2, 0.25) is 11.5 Å². The maximum atomic E-state index is 10.5. The van der Waals surface area contributed by atoms with Crippen LogP contribution in [0.4, 0.5) is 0 Å². The Kier molecular flexibility index (Phi) is 8.43. The highest BCUT2D eigenvalue weighted by Gasteiger charge is 2.38. The van der Waals surface area contributed by atoms with E-state index in [0.29, 0.717) is 64.9 Å². The van der Waals surface area contributed by atoms with Crippen LogP contribution in [0.2, 0.25) is 0 Å². The summed E-state index contributed by atoms with van der Waals surface area (Å²) in [6.45, 7) is 0. The lowest BCUT2D eigenvalue weighted by Gasteiger charge is -2.30. The van der Waals surface area contributed by atoms with E-state index in [2.05, 4.69) is 12.1 Å². The third-order valence-corrected chi connectivity index (χ3v) is 5.35. The summed E-state index contributed by atoms with van der Waals surface area (Å²) in [6, 6.07) is 11.6. The molecule has 0 fully saturated rings. The van der Waals surface area contributed by atoms with E-state index in [-0.39, 0.29) is 0 Å². The summed E-state index contributed by atoms with van der Waals surface area (Å²) in [5.74, 6) is 2.55. The lowest BCUT2D eigenvalue weighted by molar-refractivity contribution is 0.321. The molecular weight excluding hydrogens is 412 g/mol. The van der Waals surface area contributed by atoms with Crippen LogP contribution in [0, 0.1) is 22.7 Å². The Morgan fingerprint density at radius 3 is 1.28 bits per heavy atom. The minimum Gasteiger partial charge on any atom is -0.493 e. The third kappa shape index (κ3) is 4.45. The summed E-state index contributed by atoms with van der Waals surface area (Å²) in [6.07, 6.45) is 1.17. The Morgan fingerprint density at radius 1 is 0.656 bits per heavy atom. The smallest absolute Gasteiger partial charge is 0.203 e. The van der Waals surface area contributed by atoms with Crippen LogP contribution in [0.15, 0.2) is 24.3 Å². The molecular formula is C24H28N2O6. The van der Waals surface area contributed by atoms with Crippen LogP contribution in [0.25, 0.3) is 0 Å². The van der Waals surface area contributed by atoms with Gasteiger partial charge in [-0.15, -0.1) is 0 Å². The van der Waals surface area contributed by atoms with E-state index < -0.39 is 5.41 Å². The van der Waals surface area contributed by atoms with Crippen LogP contribution >= 0.6 is 0 Å². The maximum Gasteiger partial charge on any atom is 0.203 e. The van der Waals surface area contributed by atoms with Gasteiger partial charge >= 0.3 is 0 Å². The van der Waals surface area contributed by atoms with Gasteiger partial charge in [0.05, 0.1) is 54.8 Å². The minimum absolute atomic E-state index is 0.304. The summed E-state index contributed by atoms with van der Waals surface area (Å²) in [5.41, 5.74) is 0.0969. The van der Waals surface area contributed by atoms with Gasteiger partial charge in [0.1, 0.15) is 5.41 Å². The highest BCUT2D eigenvalue weighted by molar-refractivity contribution is 5.62. The SMILES string of the molecule is COc1cc(C(C#N)(CCCC#N)c2cc(OC)c(OC)c(OC)c2)cc(OC)c1OC. The molecule has 0 unspecified atom stereocenters. The number of methoxy groups -OCH3 is 6. The molecule has 2 aromatic carbocycles. The average molecular weight is 440 g/mol. The Balaban J connectivity index is 2.88. The van der Waals surface area contributed by atoms with Gasteiger partial charge in [-0.3, -0.25) is 0 Å². The number of hydrogen-bond donors (Lipinski definition) is 0. The van der Waals surface area contributed by atoms with E-state index in [1.165, 1.54) is 42.7 Å². The fraction of sp³-hybridized carbons (Fsp3) is 0.417.